The number of benzene rings is 2. The van der Waals surface area contributed by atoms with E-state index in [-0.39, 0.29) is 0 Å². The number of fused-ring (bicyclic) bond motifs is 3. The summed E-state index contributed by atoms with van der Waals surface area (Å²) in [5, 5.41) is 3.69. The Bertz CT molecular complexity index is 512. The monoisotopic (exact) mass is 237 g/mol. The second kappa shape index (κ2) is 4.58. The standard InChI is InChI=1S/C17H19N/c1-12(2)11-18-17-15-9-5-3-7-13(15)14-8-4-6-10-16(14)17/h3-10,12,17-18H,11H2,1-2H3. The lowest BCUT2D eigenvalue weighted by Crippen LogP contribution is -2.24. The summed E-state index contributed by atoms with van der Waals surface area (Å²) in [6.45, 7) is 5.55. The molecular weight excluding hydrogens is 218 g/mol. The van der Waals surface area contributed by atoms with Gasteiger partial charge in [0.15, 0.2) is 0 Å². The first-order valence-electron chi connectivity index (χ1n) is 6.69. The minimum Gasteiger partial charge on any atom is -0.306 e. The van der Waals surface area contributed by atoms with Crippen molar-refractivity contribution in [2.24, 2.45) is 5.92 Å². The highest BCUT2D eigenvalue weighted by molar-refractivity contribution is 5.78. The molecule has 0 amide bonds. The molecule has 0 fully saturated rings. The fourth-order valence-electron chi connectivity index (χ4n) is 2.73. The number of rotatable bonds is 3. The van der Waals surface area contributed by atoms with Gasteiger partial charge in [0.1, 0.15) is 0 Å². The zero-order valence-electron chi connectivity index (χ0n) is 11.0. The normalized spacial score (nSPS) is 13.7. The van der Waals surface area contributed by atoms with Crippen LogP contribution in [0.15, 0.2) is 48.5 Å². The summed E-state index contributed by atoms with van der Waals surface area (Å²) >= 11 is 0. The molecule has 92 valence electrons. The van der Waals surface area contributed by atoms with E-state index in [1.54, 1.807) is 0 Å². The fourth-order valence-corrected chi connectivity index (χ4v) is 2.73. The Morgan fingerprint density at radius 1 is 0.889 bits per heavy atom. The van der Waals surface area contributed by atoms with Crippen LogP contribution in [0, 0.1) is 5.92 Å². The predicted molar refractivity (Wildman–Crippen MR) is 76.6 cm³/mol. The summed E-state index contributed by atoms with van der Waals surface area (Å²) in [6, 6.07) is 17.8. The summed E-state index contributed by atoms with van der Waals surface area (Å²) in [4.78, 5) is 0. The molecule has 3 rings (SSSR count). The molecule has 2 aromatic carbocycles. The fraction of sp³-hybridized carbons (Fsp3) is 0.294. The van der Waals surface area contributed by atoms with Crippen molar-refractivity contribution in [1.29, 1.82) is 0 Å². The van der Waals surface area contributed by atoms with Crippen molar-refractivity contribution in [1.82, 2.24) is 5.32 Å². The quantitative estimate of drug-likeness (QED) is 0.850. The van der Waals surface area contributed by atoms with Gasteiger partial charge in [-0.25, -0.2) is 0 Å². The van der Waals surface area contributed by atoms with Crippen molar-refractivity contribution in [2.45, 2.75) is 19.9 Å². The molecule has 0 bridgehead atoms. The molecule has 18 heavy (non-hydrogen) atoms. The molecule has 0 spiro atoms. The molecule has 0 aromatic heterocycles. The minimum absolute atomic E-state index is 0.361. The summed E-state index contributed by atoms with van der Waals surface area (Å²) in [5.74, 6) is 0.671. The SMILES string of the molecule is CC(C)CNC1c2ccccc2-c2ccccc21. The van der Waals surface area contributed by atoms with Crippen molar-refractivity contribution in [3.8, 4) is 11.1 Å². The third-order valence-electron chi connectivity index (χ3n) is 3.56. The van der Waals surface area contributed by atoms with Gasteiger partial charge in [0.05, 0.1) is 6.04 Å². The van der Waals surface area contributed by atoms with Crippen LogP contribution in [0.1, 0.15) is 31.0 Å². The van der Waals surface area contributed by atoms with Crippen molar-refractivity contribution in [3.05, 3.63) is 59.7 Å². The molecule has 2 aromatic rings. The van der Waals surface area contributed by atoms with E-state index in [0.717, 1.165) is 6.54 Å². The summed E-state index contributed by atoms with van der Waals surface area (Å²) in [6.07, 6.45) is 0. The summed E-state index contributed by atoms with van der Waals surface area (Å²) in [5.41, 5.74) is 5.60. The Labute approximate surface area is 109 Å². The first-order valence-corrected chi connectivity index (χ1v) is 6.69. The molecule has 0 saturated carbocycles. The van der Waals surface area contributed by atoms with E-state index in [1.165, 1.54) is 22.3 Å². The van der Waals surface area contributed by atoms with Gasteiger partial charge < -0.3 is 5.32 Å². The van der Waals surface area contributed by atoms with Gasteiger partial charge in [-0.2, -0.15) is 0 Å². The zero-order chi connectivity index (χ0) is 12.5. The first-order chi connectivity index (χ1) is 8.77. The third kappa shape index (κ3) is 1.85. The molecule has 1 heteroatoms. The highest BCUT2D eigenvalue weighted by Crippen LogP contribution is 2.42. The van der Waals surface area contributed by atoms with Gasteiger partial charge in [0.2, 0.25) is 0 Å². The van der Waals surface area contributed by atoms with E-state index in [4.69, 9.17) is 0 Å². The largest absolute Gasteiger partial charge is 0.306 e. The second-order valence-electron chi connectivity index (χ2n) is 5.41. The van der Waals surface area contributed by atoms with E-state index >= 15 is 0 Å². The molecule has 1 nitrogen and oxygen atoms in total. The molecule has 0 unspecified atom stereocenters. The van der Waals surface area contributed by atoms with E-state index in [0.29, 0.717) is 12.0 Å². The Hall–Kier alpha value is -1.60. The van der Waals surface area contributed by atoms with Crippen LogP contribution in [0.25, 0.3) is 11.1 Å². The molecule has 0 aliphatic heterocycles. The van der Waals surface area contributed by atoms with Crippen LogP contribution in [0.2, 0.25) is 0 Å². The van der Waals surface area contributed by atoms with Gasteiger partial charge in [-0.3, -0.25) is 0 Å². The van der Waals surface area contributed by atoms with Crippen molar-refractivity contribution >= 4 is 0 Å². The number of nitrogens with one attached hydrogen (secondary N) is 1. The van der Waals surface area contributed by atoms with E-state index < -0.39 is 0 Å². The Kier molecular flexibility index (Phi) is 2.92. The van der Waals surface area contributed by atoms with Gasteiger partial charge in [-0.15, -0.1) is 0 Å². The molecule has 0 heterocycles. The summed E-state index contributed by atoms with van der Waals surface area (Å²) < 4.78 is 0. The van der Waals surface area contributed by atoms with Crippen LogP contribution in [0.3, 0.4) is 0 Å². The van der Waals surface area contributed by atoms with Crippen LogP contribution in [0.5, 0.6) is 0 Å². The van der Waals surface area contributed by atoms with Crippen molar-refractivity contribution in [2.75, 3.05) is 6.54 Å². The van der Waals surface area contributed by atoms with Crippen LogP contribution in [0.4, 0.5) is 0 Å². The molecule has 1 aliphatic carbocycles. The third-order valence-corrected chi connectivity index (χ3v) is 3.56. The second-order valence-corrected chi connectivity index (χ2v) is 5.41. The highest BCUT2D eigenvalue weighted by atomic mass is 14.9. The Balaban J connectivity index is 2.03. The minimum atomic E-state index is 0.361. The van der Waals surface area contributed by atoms with Gasteiger partial charge in [-0.05, 0) is 34.7 Å². The maximum atomic E-state index is 3.69. The highest BCUT2D eigenvalue weighted by Gasteiger charge is 2.27. The molecule has 1 N–H and O–H groups in total. The molecule has 0 saturated heterocycles. The Morgan fingerprint density at radius 2 is 1.39 bits per heavy atom. The van der Waals surface area contributed by atoms with Crippen molar-refractivity contribution in [3.63, 3.8) is 0 Å². The Morgan fingerprint density at radius 3 is 1.89 bits per heavy atom. The zero-order valence-corrected chi connectivity index (χ0v) is 11.0. The predicted octanol–water partition coefficient (Wildman–Crippen LogP) is 4.00. The van der Waals surface area contributed by atoms with Crippen LogP contribution >= 0.6 is 0 Å². The van der Waals surface area contributed by atoms with E-state index in [2.05, 4.69) is 67.7 Å². The number of hydrogen-bond acceptors (Lipinski definition) is 1. The lowest BCUT2D eigenvalue weighted by atomic mass is 10.0. The lowest BCUT2D eigenvalue weighted by Gasteiger charge is -2.17. The maximum absolute atomic E-state index is 3.69. The van der Waals surface area contributed by atoms with Crippen molar-refractivity contribution < 1.29 is 0 Å². The molecule has 0 atom stereocenters. The van der Waals surface area contributed by atoms with Crippen LogP contribution in [-0.4, -0.2) is 6.54 Å². The van der Waals surface area contributed by atoms with Gasteiger partial charge in [-0.1, -0.05) is 62.4 Å². The number of hydrogen-bond donors (Lipinski definition) is 1. The molecule has 1 aliphatic rings. The van der Waals surface area contributed by atoms with Gasteiger partial charge in [0, 0.05) is 0 Å². The molecular formula is C17H19N. The lowest BCUT2D eigenvalue weighted by molar-refractivity contribution is 0.518. The maximum Gasteiger partial charge on any atom is 0.0589 e. The van der Waals surface area contributed by atoms with E-state index in [1.807, 2.05) is 0 Å². The van der Waals surface area contributed by atoms with Crippen LogP contribution in [-0.2, 0) is 0 Å². The topological polar surface area (TPSA) is 12.0 Å². The van der Waals surface area contributed by atoms with Gasteiger partial charge >= 0.3 is 0 Å². The smallest absolute Gasteiger partial charge is 0.0589 e. The first kappa shape index (κ1) is 11.5. The average Bonchev–Trinajstić information content (AvgIpc) is 2.71. The summed E-state index contributed by atoms with van der Waals surface area (Å²) in [7, 11) is 0. The van der Waals surface area contributed by atoms with Crippen LogP contribution < -0.4 is 5.32 Å². The molecule has 0 radical (unpaired) electrons. The average molecular weight is 237 g/mol. The van der Waals surface area contributed by atoms with E-state index in [9.17, 15) is 0 Å². The van der Waals surface area contributed by atoms with Gasteiger partial charge in [0.25, 0.3) is 0 Å².